The topological polar surface area (TPSA) is 68.0 Å². The Hall–Kier alpha value is -0.940. The van der Waals surface area contributed by atoms with E-state index in [1.165, 1.54) is 0 Å². The Morgan fingerprint density at radius 1 is 1.69 bits per heavy atom. The Bertz CT molecular complexity index is 300. The number of nitrogens with two attached hydrogens (primary N) is 1. The van der Waals surface area contributed by atoms with E-state index in [2.05, 4.69) is 17.2 Å². The van der Waals surface area contributed by atoms with Gasteiger partial charge in [-0.15, -0.1) is 11.3 Å². The lowest BCUT2D eigenvalue weighted by atomic mass is 10.1. The van der Waals surface area contributed by atoms with E-state index in [-0.39, 0.29) is 5.91 Å². The summed E-state index contributed by atoms with van der Waals surface area (Å²) in [6, 6.07) is 0. The number of aromatic nitrogens is 1. The standard InChI is InChI=1S/C11H19N3OS/c1-9(8-12)2-3-10(15)13-5-4-11-14-6-7-16-11/h6-7,9H,2-5,8,12H2,1H3,(H,13,15). The van der Waals surface area contributed by atoms with E-state index in [0.717, 1.165) is 17.8 Å². The van der Waals surface area contributed by atoms with E-state index in [1.807, 2.05) is 5.38 Å². The fourth-order valence-electron chi connectivity index (χ4n) is 1.27. The highest BCUT2D eigenvalue weighted by Gasteiger charge is 2.05. The van der Waals surface area contributed by atoms with Gasteiger partial charge in [0.25, 0.3) is 0 Å². The van der Waals surface area contributed by atoms with Crippen molar-refractivity contribution < 1.29 is 4.79 Å². The quantitative estimate of drug-likeness (QED) is 0.753. The molecule has 0 fully saturated rings. The number of hydrogen-bond acceptors (Lipinski definition) is 4. The molecule has 5 heteroatoms. The van der Waals surface area contributed by atoms with E-state index in [0.29, 0.717) is 25.4 Å². The van der Waals surface area contributed by atoms with Gasteiger partial charge in [0.05, 0.1) is 5.01 Å². The summed E-state index contributed by atoms with van der Waals surface area (Å²) in [5, 5.41) is 5.90. The summed E-state index contributed by atoms with van der Waals surface area (Å²) in [6.07, 6.45) is 4.02. The van der Waals surface area contributed by atoms with Crippen molar-refractivity contribution in [3.05, 3.63) is 16.6 Å². The molecule has 1 heterocycles. The third-order valence-corrected chi connectivity index (χ3v) is 3.25. The van der Waals surface area contributed by atoms with Crippen LogP contribution in [0.3, 0.4) is 0 Å². The van der Waals surface area contributed by atoms with Gasteiger partial charge in [-0.05, 0) is 18.9 Å². The van der Waals surface area contributed by atoms with Crippen LogP contribution in [-0.2, 0) is 11.2 Å². The first-order valence-electron chi connectivity index (χ1n) is 5.57. The van der Waals surface area contributed by atoms with Crippen molar-refractivity contribution in [1.29, 1.82) is 0 Å². The van der Waals surface area contributed by atoms with Gasteiger partial charge in [0.1, 0.15) is 0 Å². The van der Waals surface area contributed by atoms with Crippen LogP contribution in [0.5, 0.6) is 0 Å². The molecule has 0 aliphatic carbocycles. The van der Waals surface area contributed by atoms with Crippen molar-refractivity contribution in [3.63, 3.8) is 0 Å². The molecule has 1 rings (SSSR count). The minimum Gasteiger partial charge on any atom is -0.356 e. The van der Waals surface area contributed by atoms with E-state index in [9.17, 15) is 4.79 Å². The van der Waals surface area contributed by atoms with Gasteiger partial charge in [0, 0.05) is 31.0 Å². The lowest BCUT2D eigenvalue weighted by Gasteiger charge is -2.08. The number of nitrogens with one attached hydrogen (secondary N) is 1. The fraction of sp³-hybridized carbons (Fsp3) is 0.636. The zero-order valence-corrected chi connectivity index (χ0v) is 10.4. The third kappa shape index (κ3) is 5.23. The molecule has 0 saturated heterocycles. The molecule has 90 valence electrons. The van der Waals surface area contributed by atoms with Gasteiger partial charge >= 0.3 is 0 Å². The molecule has 0 aliphatic heterocycles. The number of nitrogens with zero attached hydrogens (tertiary/aromatic N) is 1. The number of carbonyl (C=O) groups excluding carboxylic acids is 1. The summed E-state index contributed by atoms with van der Waals surface area (Å²) >= 11 is 1.62. The molecule has 1 aromatic rings. The highest BCUT2D eigenvalue weighted by molar-refractivity contribution is 7.09. The number of thiazole rings is 1. The SMILES string of the molecule is CC(CN)CCC(=O)NCCc1nccs1. The molecule has 16 heavy (non-hydrogen) atoms. The first kappa shape index (κ1) is 13.1. The predicted octanol–water partition coefficient (Wildman–Crippen LogP) is 1.18. The molecule has 1 atom stereocenters. The second-order valence-corrected chi connectivity index (χ2v) is 4.88. The Kier molecular flexibility index (Phi) is 6.03. The lowest BCUT2D eigenvalue weighted by molar-refractivity contribution is -0.121. The smallest absolute Gasteiger partial charge is 0.220 e. The molecule has 0 radical (unpaired) electrons. The van der Waals surface area contributed by atoms with Gasteiger partial charge in [-0.25, -0.2) is 4.98 Å². The maximum atomic E-state index is 11.4. The van der Waals surface area contributed by atoms with Crippen molar-refractivity contribution in [2.75, 3.05) is 13.1 Å². The molecule has 1 unspecified atom stereocenters. The summed E-state index contributed by atoms with van der Waals surface area (Å²) in [7, 11) is 0. The second-order valence-electron chi connectivity index (χ2n) is 3.91. The number of rotatable bonds is 7. The molecule has 0 aliphatic rings. The van der Waals surface area contributed by atoms with Crippen LogP contribution in [0.4, 0.5) is 0 Å². The van der Waals surface area contributed by atoms with Gasteiger partial charge < -0.3 is 11.1 Å². The fourth-order valence-corrected chi connectivity index (χ4v) is 1.89. The molecule has 0 saturated carbocycles. The zero-order valence-electron chi connectivity index (χ0n) is 9.61. The molecular weight excluding hydrogens is 222 g/mol. The van der Waals surface area contributed by atoms with Crippen molar-refractivity contribution in [1.82, 2.24) is 10.3 Å². The molecule has 1 amide bonds. The van der Waals surface area contributed by atoms with E-state index in [4.69, 9.17) is 5.73 Å². The van der Waals surface area contributed by atoms with Crippen LogP contribution >= 0.6 is 11.3 Å². The van der Waals surface area contributed by atoms with Crippen LogP contribution in [0.25, 0.3) is 0 Å². The number of amides is 1. The lowest BCUT2D eigenvalue weighted by Crippen LogP contribution is -2.26. The summed E-state index contributed by atoms with van der Waals surface area (Å²) < 4.78 is 0. The Balaban J connectivity index is 2.06. The highest BCUT2D eigenvalue weighted by atomic mass is 32.1. The van der Waals surface area contributed by atoms with Crippen molar-refractivity contribution in [2.24, 2.45) is 11.7 Å². The Morgan fingerprint density at radius 2 is 2.50 bits per heavy atom. The first-order valence-corrected chi connectivity index (χ1v) is 6.45. The number of carbonyl (C=O) groups is 1. The monoisotopic (exact) mass is 241 g/mol. The largest absolute Gasteiger partial charge is 0.356 e. The maximum absolute atomic E-state index is 11.4. The summed E-state index contributed by atoms with van der Waals surface area (Å²) in [5.74, 6) is 0.529. The van der Waals surface area contributed by atoms with Crippen molar-refractivity contribution in [2.45, 2.75) is 26.2 Å². The minimum atomic E-state index is 0.108. The Labute approximate surface area is 100 Å². The first-order chi connectivity index (χ1) is 7.72. The Morgan fingerprint density at radius 3 is 3.12 bits per heavy atom. The normalized spacial score (nSPS) is 12.4. The van der Waals surface area contributed by atoms with E-state index >= 15 is 0 Å². The average molecular weight is 241 g/mol. The molecule has 4 nitrogen and oxygen atoms in total. The van der Waals surface area contributed by atoms with Crippen LogP contribution in [0.2, 0.25) is 0 Å². The molecule has 0 spiro atoms. The highest BCUT2D eigenvalue weighted by Crippen LogP contribution is 2.04. The molecule has 0 aromatic carbocycles. The van der Waals surface area contributed by atoms with Crippen molar-refractivity contribution >= 4 is 17.2 Å². The van der Waals surface area contributed by atoms with Crippen LogP contribution in [0.15, 0.2) is 11.6 Å². The molecule has 3 N–H and O–H groups in total. The zero-order chi connectivity index (χ0) is 11.8. The summed E-state index contributed by atoms with van der Waals surface area (Å²) in [5.41, 5.74) is 5.48. The predicted molar refractivity (Wildman–Crippen MR) is 66.3 cm³/mol. The van der Waals surface area contributed by atoms with E-state index < -0.39 is 0 Å². The van der Waals surface area contributed by atoms with Crippen LogP contribution in [-0.4, -0.2) is 24.0 Å². The number of hydrogen-bond donors (Lipinski definition) is 2. The van der Waals surface area contributed by atoms with Gasteiger partial charge in [0.2, 0.25) is 5.91 Å². The van der Waals surface area contributed by atoms with Crippen LogP contribution in [0, 0.1) is 5.92 Å². The minimum absolute atomic E-state index is 0.108. The van der Waals surface area contributed by atoms with Gasteiger partial charge in [-0.3, -0.25) is 4.79 Å². The summed E-state index contributed by atoms with van der Waals surface area (Å²) in [6.45, 7) is 3.37. The summed E-state index contributed by atoms with van der Waals surface area (Å²) in [4.78, 5) is 15.6. The second kappa shape index (κ2) is 7.35. The van der Waals surface area contributed by atoms with Gasteiger partial charge in [0.15, 0.2) is 0 Å². The third-order valence-electron chi connectivity index (χ3n) is 2.41. The van der Waals surface area contributed by atoms with E-state index in [1.54, 1.807) is 17.5 Å². The molecule has 0 bridgehead atoms. The molecular formula is C11H19N3OS. The van der Waals surface area contributed by atoms with Gasteiger partial charge in [-0.1, -0.05) is 6.92 Å². The average Bonchev–Trinajstić information content (AvgIpc) is 2.79. The van der Waals surface area contributed by atoms with Crippen LogP contribution in [0.1, 0.15) is 24.8 Å². The molecule has 1 aromatic heterocycles. The maximum Gasteiger partial charge on any atom is 0.220 e. The van der Waals surface area contributed by atoms with Gasteiger partial charge in [-0.2, -0.15) is 0 Å². The van der Waals surface area contributed by atoms with Crippen LogP contribution < -0.4 is 11.1 Å². The van der Waals surface area contributed by atoms with Crippen molar-refractivity contribution in [3.8, 4) is 0 Å².